The summed E-state index contributed by atoms with van der Waals surface area (Å²) in [5.41, 5.74) is 11.5. The molecule has 8 aromatic rings. The summed E-state index contributed by atoms with van der Waals surface area (Å²) in [7, 11) is 0. The van der Waals surface area contributed by atoms with E-state index in [0.29, 0.717) is 17.8 Å². The molecule has 300 valence electrons. The first kappa shape index (κ1) is 37.8. The molecule has 0 spiro atoms. The number of para-hydroxylation sites is 1. The maximum Gasteiger partial charge on any atom is 0.156 e. The third kappa shape index (κ3) is 5.83. The Morgan fingerprint density at radius 1 is 0.700 bits per heavy atom. The fourth-order valence-corrected chi connectivity index (χ4v) is 9.87. The third-order valence-corrected chi connectivity index (χ3v) is 13.7. The van der Waals surface area contributed by atoms with Gasteiger partial charge in [0.1, 0.15) is 17.3 Å². The maximum absolute atomic E-state index is 6.85. The molecule has 2 aliphatic rings. The summed E-state index contributed by atoms with van der Waals surface area (Å²) >= 11 is 0. The Kier molecular flexibility index (Phi) is 8.90. The quantitative estimate of drug-likeness (QED) is 0.154. The van der Waals surface area contributed by atoms with Gasteiger partial charge in [-0.3, -0.25) is 4.57 Å². The van der Waals surface area contributed by atoms with E-state index in [0.717, 1.165) is 62.8 Å². The number of imidazole rings is 1. The number of fused-ring (bicyclic) bond motifs is 6. The van der Waals surface area contributed by atoms with Crippen molar-refractivity contribution < 1.29 is 4.74 Å². The fraction of sp³-hybridized carbons (Fsp3) is 0.259. The van der Waals surface area contributed by atoms with Crippen LogP contribution in [0.2, 0.25) is 0 Å². The lowest BCUT2D eigenvalue weighted by atomic mass is 9.59. The Bertz CT molecular complexity index is 2990. The molecule has 1 aliphatic heterocycles. The van der Waals surface area contributed by atoms with Gasteiger partial charge in [0.25, 0.3) is 0 Å². The number of allylic oxidation sites excluding steroid dienone is 4. The van der Waals surface area contributed by atoms with E-state index in [2.05, 4.69) is 209 Å². The van der Waals surface area contributed by atoms with E-state index in [1.165, 1.54) is 33.5 Å². The van der Waals surface area contributed by atoms with E-state index < -0.39 is 0 Å². The smallest absolute Gasteiger partial charge is 0.156 e. The summed E-state index contributed by atoms with van der Waals surface area (Å²) in [6, 6.07) is 42.9. The predicted molar refractivity (Wildman–Crippen MR) is 247 cm³/mol. The molecule has 1 aliphatic carbocycles. The molecule has 0 saturated carbocycles. The molecule has 4 heterocycles. The van der Waals surface area contributed by atoms with Gasteiger partial charge in [0.15, 0.2) is 5.82 Å². The van der Waals surface area contributed by atoms with Crippen LogP contribution in [-0.2, 0) is 10.8 Å². The maximum atomic E-state index is 6.85. The van der Waals surface area contributed by atoms with Gasteiger partial charge >= 0.3 is 0 Å². The van der Waals surface area contributed by atoms with E-state index in [1.807, 2.05) is 6.20 Å². The van der Waals surface area contributed by atoms with Gasteiger partial charge in [-0.1, -0.05) is 152 Å². The fourth-order valence-electron chi connectivity index (χ4n) is 9.87. The Balaban J connectivity index is 1.12. The zero-order chi connectivity index (χ0) is 41.5. The zero-order valence-corrected chi connectivity index (χ0v) is 35.9. The van der Waals surface area contributed by atoms with Crippen molar-refractivity contribution in [2.75, 3.05) is 0 Å². The van der Waals surface area contributed by atoms with Gasteiger partial charge in [-0.2, -0.15) is 5.10 Å². The van der Waals surface area contributed by atoms with Crippen molar-refractivity contribution in [1.29, 1.82) is 0 Å². The highest BCUT2D eigenvalue weighted by molar-refractivity contribution is 6.09. The van der Waals surface area contributed by atoms with Crippen LogP contribution < -0.4 is 4.74 Å². The minimum Gasteiger partial charge on any atom is -0.457 e. The largest absolute Gasteiger partial charge is 0.457 e. The molecule has 0 amide bonds. The lowest BCUT2D eigenvalue weighted by Crippen LogP contribution is -2.46. The molecule has 1 unspecified atom stereocenters. The van der Waals surface area contributed by atoms with Crippen LogP contribution in [-0.4, -0.2) is 23.9 Å². The van der Waals surface area contributed by atoms with Gasteiger partial charge in [-0.05, 0) is 59.2 Å². The molecule has 6 heteroatoms. The Hall–Kier alpha value is -6.40. The van der Waals surface area contributed by atoms with Crippen molar-refractivity contribution in [3.63, 3.8) is 0 Å². The summed E-state index contributed by atoms with van der Waals surface area (Å²) in [6.07, 6.45) is 10.0. The van der Waals surface area contributed by atoms with Gasteiger partial charge in [-0.25, -0.2) is 9.67 Å². The molecule has 60 heavy (non-hydrogen) atoms. The number of benzene rings is 5. The number of ether oxygens (including phenoxy) is 1. The van der Waals surface area contributed by atoms with Crippen LogP contribution in [0.25, 0.3) is 61.5 Å². The Morgan fingerprint density at radius 3 is 2.10 bits per heavy atom. The summed E-state index contributed by atoms with van der Waals surface area (Å²) in [6.45, 7) is 18.7. The van der Waals surface area contributed by atoms with Crippen molar-refractivity contribution >= 4 is 27.5 Å². The molecule has 0 radical (unpaired) electrons. The summed E-state index contributed by atoms with van der Waals surface area (Å²) < 4.78 is 13.7. The van der Waals surface area contributed by atoms with Crippen molar-refractivity contribution in [3.8, 4) is 45.5 Å². The van der Waals surface area contributed by atoms with E-state index in [1.54, 1.807) is 0 Å². The molecule has 1 atom stereocenters. The van der Waals surface area contributed by atoms with E-state index >= 15 is 0 Å². The molecule has 3 aromatic heterocycles. The van der Waals surface area contributed by atoms with Crippen LogP contribution in [0, 0.1) is 17.8 Å². The van der Waals surface area contributed by atoms with Crippen molar-refractivity contribution in [2.45, 2.75) is 72.6 Å². The average Bonchev–Trinajstić information content (AvgIpc) is 3.98. The van der Waals surface area contributed by atoms with Crippen LogP contribution in [0.3, 0.4) is 0 Å². The first-order chi connectivity index (χ1) is 28.9. The van der Waals surface area contributed by atoms with Gasteiger partial charge in [-0.15, -0.1) is 0 Å². The lowest BCUT2D eigenvalue weighted by molar-refractivity contribution is 0.275. The van der Waals surface area contributed by atoms with Crippen molar-refractivity contribution in [3.05, 3.63) is 163 Å². The molecule has 10 rings (SSSR count). The lowest BCUT2D eigenvalue weighted by Gasteiger charge is -2.47. The van der Waals surface area contributed by atoms with E-state index in [4.69, 9.17) is 14.8 Å². The second-order valence-corrected chi connectivity index (χ2v) is 18.4. The molecule has 0 bridgehead atoms. The monoisotopic (exact) mass is 787 g/mol. The highest BCUT2D eigenvalue weighted by Crippen LogP contribution is 2.53. The minimum absolute atomic E-state index is 0.169. The van der Waals surface area contributed by atoms with Gasteiger partial charge in [0.2, 0.25) is 0 Å². The molecule has 6 nitrogen and oxygen atoms in total. The molecule has 5 aromatic carbocycles. The van der Waals surface area contributed by atoms with Crippen molar-refractivity contribution in [1.82, 2.24) is 23.9 Å². The number of hydrogen-bond acceptors (Lipinski definition) is 3. The van der Waals surface area contributed by atoms with E-state index in [9.17, 15) is 0 Å². The second-order valence-electron chi connectivity index (χ2n) is 18.4. The van der Waals surface area contributed by atoms with Crippen LogP contribution in [0.15, 0.2) is 151 Å². The summed E-state index contributed by atoms with van der Waals surface area (Å²) in [5.74, 6) is 4.56. The Labute approximate surface area is 353 Å². The van der Waals surface area contributed by atoms with Crippen LogP contribution in [0.4, 0.5) is 0 Å². The topological polar surface area (TPSA) is 49.8 Å². The standard InChI is InChI=1S/C54H53N5O/c1-34(2)40-23-17-24-41(35(3)4)50(40)57-33-49(56-52(57)37-20-13-10-14-21-37)58-46-25-16-15-22-42(46)43-28-26-38(30-47(43)58)60-39-27-29-45-48(31-39)59-51(54(7,8)53(45,5)6)44(32-55-59)36-18-11-9-12-19-36/h9-23,25-35,41H,24H2,1-8H3. The third-order valence-electron chi connectivity index (χ3n) is 13.7. The number of aromatic nitrogens is 5. The first-order valence-corrected chi connectivity index (χ1v) is 21.5. The normalized spacial score (nSPS) is 16.9. The van der Waals surface area contributed by atoms with E-state index in [-0.39, 0.29) is 10.8 Å². The van der Waals surface area contributed by atoms with Gasteiger partial charge in [0.05, 0.1) is 34.8 Å². The van der Waals surface area contributed by atoms with Crippen LogP contribution >= 0.6 is 0 Å². The molecule has 0 N–H and O–H groups in total. The second kappa shape index (κ2) is 14.1. The molecule has 0 saturated heterocycles. The van der Waals surface area contributed by atoms with Gasteiger partial charge in [0, 0.05) is 56.5 Å². The SMILES string of the molecule is CC(C)C1=C(n2cc(-n3c4ccccc4c4ccc(Oc5ccc6c(c5)-n5ncc(-c7ccccc7)c5C(C)(C)C6(C)C)cc43)nc2-c2ccccc2)C(C(C)C)CC=C1. The molecular formula is C54H53N5O. The number of hydrogen-bond donors (Lipinski definition) is 0. The van der Waals surface area contributed by atoms with Crippen LogP contribution in [0.1, 0.15) is 73.1 Å². The summed E-state index contributed by atoms with van der Waals surface area (Å²) in [5, 5.41) is 7.36. The predicted octanol–water partition coefficient (Wildman–Crippen LogP) is 14.0. The average molecular weight is 788 g/mol. The number of nitrogens with zero attached hydrogens (tertiary/aromatic N) is 5. The van der Waals surface area contributed by atoms with Crippen LogP contribution in [0.5, 0.6) is 11.5 Å². The highest BCUT2D eigenvalue weighted by atomic mass is 16.5. The molecule has 0 fully saturated rings. The van der Waals surface area contributed by atoms with Crippen molar-refractivity contribution in [2.24, 2.45) is 17.8 Å². The number of rotatable bonds is 8. The highest BCUT2D eigenvalue weighted by Gasteiger charge is 2.48. The Morgan fingerprint density at radius 2 is 1.37 bits per heavy atom. The minimum atomic E-state index is -0.188. The summed E-state index contributed by atoms with van der Waals surface area (Å²) in [4.78, 5) is 5.54. The van der Waals surface area contributed by atoms with Gasteiger partial charge < -0.3 is 9.30 Å². The molecular weight excluding hydrogens is 735 g/mol. The zero-order valence-electron chi connectivity index (χ0n) is 35.9. The first-order valence-electron chi connectivity index (χ1n) is 21.5.